The van der Waals surface area contributed by atoms with Crippen molar-refractivity contribution in [3.8, 4) is 28.7 Å². The van der Waals surface area contributed by atoms with Crippen LogP contribution in [0.4, 0.5) is 0 Å². The van der Waals surface area contributed by atoms with E-state index in [-0.39, 0.29) is 23.5 Å². The third-order valence-electron chi connectivity index (χ3n) is 6.52. The lowest BCUT2D eigenvalue weighted by Crippen LogP contribution is -2.20. The van der Waals surface area contributed by atoms with E-state index >= 15 is 0 Å². The van der Waals surface area contributed by atoms with Crippen LogP contribution in [0.15, 0.2) is 30.3 Å². The molecule has 1 aliphatic heterocycles. The number of ether oxygens (including phenoxy) is 4. The minimum atomic E-state index is -0.480. The molecule has 6 heteroatoms. The highest BCUT2D eigenvalue weighted by Crippen LogP contribution is 2.43. The summed E-state index contributed by atoms with van der Waals surface area (Å²) in [5.74, 6) is 1.78. The topological polar surface area (TPSA) is 74.2 Å². The zero-order valence-corrected chi connectivity index (χ0v) is 21.4. The first-order valence-corrected chi connectivity index (χ1v) is 13.0. The van der Waals surface area contributed by atoms with E-state index in [1.54, 1.807) is 26.4 Å². The summed E-state index contributed by atoms with van der Waals surface area (Å²) in [6.45, 7) is 2.82. The Balaban J connectivity index is 1.51. The van der Waals surface area contributed by atoms with Crippen molar-refractivity contribution in [1.29, 1.82) is 0 Å². The number of phenols is 1. The maximum absolute atomic E-state index is 12.8. The van der Waals surface area contributed by atoms with Crippen molar-refractivity contribution in [1.82, 2.24) is 0 Å². The Bertz CT molecular complexity index is 954. The number of rotatable bonds is 15. The average Bonchev–Trinajstić information content (AvgIpc) is 2.86. The molecule has 6 nitrogen and oxygen atoms in total. The highest BCUT2D eigenvalue weighted by molar-refractivity contribution is 6.02. The summed E-state index contributed by atoms with van der Waals surface area (Å²) >= 11 is 0. The molecule has 3 rings (SSSR count). The standard InChI is InChI=1S/C29H40O6/c1-4-5-6-7-8-9-10-11-12-13-16-34-22-18-23(30)29-24(31)20-26(35-28(29)19-22)21-14-15-25(32-2)27(17-21)33-3/h14-15,17-19,26,30H,4-13,16,20H2,1-3H3. The van der Waals surface area contributed by atoms with Crippen molar-refractivity contribution in [3.05, 3.63) is 41.5 Å². The number of Topliss-reactive ketones (excluding diaryl/α,β-unsaturated/α-hetero) is 1. The maximum atomic E-state index is 12.8. The summed E-state index contributed by atoms with van der Waals surface area (Å²) in [5.41, 5.74) is 1.02. The minimum absolute atomic E-state index is 0.101. The van der Waals surface area contributed by atoms with Crippen LogP contribution in [-0.2, 0) is 0 Å². The van der Waals surface area contributed by atoms with Crippen molar-refractivity contribution in [2.75, 3.05) is 20.8 Å². The summed E-state index contributed by atoms with van der Waals surface area (Å²) in [4.78, 5) is 12.8. The number of phenolic OH excluding ortho intramolecular Hbond substituents is 1. The monoisotopic (exact) mass is 484 g/mol. The first-order chi connectivity index (χ1) is 17.1. The molecule has 2 aromatic rings. The van der Waals surface area contributed by atoms with Crippen molar-refractivity contribution in [2.24, 2.45) is 0 Å². The number of unbranched alkanes of at least 4 members (excludes halogenated alkanes) is 9. The Morgan fingerprint density at radius 3 is 2.20 bits per heavy atom. The molecule has 1 aliphatic rings. The fraction of sp³-hybridized carbons (Fsp3) is 0.552. The molecule has 192 valence electrons. The largest absolute Gasteiger partial charge is 0.507 e. The van der Waals surface area contributed by atoms with Crippen molar-refractivity contribution in [2.45, 2.75) is 83.7 Å². The summed E-state index contributed by atoms with van der Waals surface area (Å²) in [7, 11) is 3.15. The van der Waals surface area contributed by atoms with E-state index < -0.39 is 6.10 Å². The van der Waals surface area contributed by atoms with E-state index in [1.807, 2.05) is 12.1 Å². The molecule has 0 spiro atoms. The molecule has 0 saturated carbocycles. The van der Waals surface area contributed by atoms with Gasteiger partial charge in [-0.2, -0.15) is 0 Å². The Morgan fingerprint density at radius 2 is 1.54 bits per heavy atom. The molecule has 1 N–H and O–H groups in total. The molecule has 1 unspecified atom stereocenters. The third-order valence-corrected chi connectivity index (χ3v) is 6.52. The predicted octanol–water partition coefficient (Wildman–Crippen LogP) is 7.42. The van der Waals surface area contributed by atoms with E-state index in [2.05, 4.69) is 6.92 Å². The van der Waals surface area contributed by atoms with Crippen LogP contribution >= 0.6 is 0 Å². The highest BCUT2D eigenvalue weighted by atomic mass is 16.5. The van der Waals surface area contributed by atoms with E-state index in [0.717, 1.165) is 18.4 Å². The molecule has 0 radical (unpaired) electrons. The molecular weight excluding hydrogens is 444 g/mol. The zero-order chi connectivity index (χ0) is 25.0. The van der Waals surface area contributed by atoms with Gasteiger partial charge in [0.15, 0.2) is 17.3 Å². The first kappa shape index (κ1) is 26.7. The number of ketones is 1. The predicted molar refractivity (Wildman–Crippen MR) is 137 cm³/mol. The maximum Gasteiger partial charge on any atom is 0.174 e. The number of hydrogen-bond donors (Lipinski definition) is 1. The van der Waals surface area contributed by atoms with E-state index in [0.29, 0.717) is 29.6 Å². The molecule has 1 atom stereocenters. The molecule has 0 aliphatic carbocycles. The average molecular weight is 485 g/mol. The molecule has 0 saturated heterocycles. The van der Waals surface area contributed by atoms with Crippen LogP contribution in [0.25, 0.3) is 0 Å². The third kappa shape index (κ3) is 7.55. The van der Waals surface area contributed by atoms with Crippen molar-refractivity contribution >= 4 is 5.78 Å². The van der Waals surface area contributed by atoms with Crippen LogP contribution in [-0.4, -0.2) is 31.7 Å². The van der Waals surface area contributed by atoms with Crippen LogP contribution < -0.4 is 18.9 Å². The second-order valence-corrected chi connectivity index (χ2v) is 9.19. The van der Waals surface area contributed by atoms with Gasteiger partial charge in [0.05, 0.1) is 27.2 Å². The van der Waals surface area contributed by atoms with Gasteiger partial charge in [0.2, 0.25) is 0 Å². The van der Waals surface area contributed by atoms with E-state index in [1.165, 1.54) is 57.4 Å². The Morgan fingerprint density at radius 1 is 0.886 bits per heavy atom. The summed E-state index contributed by atoms with van der Waals surface area (Å²) < 4.78 is 22.7. The molecule has 1 heterocycles. The quantitative estimate of drug-likeness (QED) is 0.265. The molecule has 0 aromatic heterocycles. The van der Waals surface area contributed by atoms with E-state index in [4.69, 9.17) is 18.9 Å². The van der Waals surface area contributed by atoms with Gasteiger partial charge in [-0.25, -0.2) is 0 Å². The number of benzene rings is 2. The molecule has 0 fully saturated rings. The Kier molecular flexibility index (Phi) is 10.6. The molecular formula is C29H40O6. The molecule has 0 bridgehead atoms. The summed E-state index contributed by atoms with van der Waals surface area (Å²) in [5, 5.41) is 10.5. The number of methoxy groups -OCH3 is 2. The van der Waals surface area contributed by atoms with Crippen LogP contribution in [0.5, 0.6) is 28.7 Å². The van der Waals surface area contributed by atoms with Crippen LogP contribution in [0.2, 0.25) is 0 Å². The summed E-state index contributed by atoms with van der Waals surface area (Å²) in [6, 6.07) is 8.67. The SMILES string of the molecule is CCCCCCCCCCCCOc1cc(O)c2c(c1)OC(c1ccc(OC)c(OC)c1)CC2=O. The second-order valence-electron chi connectivity index (χ2n) is 9.19. The molecule has 0 amide bonds. The normalized spacial score (nSPS) is 14.8. The van der Waals surface area contributed by atoms with Gasteiger partial charge in [-0.15, -0.1) is 0 Å². The van der Waals surface area contributed by atoms with Crippen molar-refractivity contribution in [3.63, 3.8) is 0 Å². The second kappa shape index (κ2) is 13.9. The number of hydrogen-bond acceptors (Lipinski definition) is 6. The van der Waals surface area contributed by atoms with Gasteiger partial charge in [0, 0.05) is 12.1 Å². The van der Waals surface area contributed by atoms with E-state index in [9.17, 15) is 9.90 Å². The van der Waals surface area contributed by atoms with Gasteiger partial charge in [-0.05, 0) is 24.1 Å². The molecule has 2 aromatic carbocycles. The van der Waals surface area contributed by atoms with Gasteiger partial charge < -0.3 is 24.1 Å². The zero-order valence-electron chi connectivity index (χ0n) is 21.4. The van der Waals surface area contributed by atoms with Crippen LogP contribution in [0, 0.1) is 0 Å². The smallest absolute Gasteiger partial charge is 0.174 e. The van der Waals surface area contributed by atoms with Gasteiger partial charge in [-0.1, -0.05) is 70.8 Å². The first-order valence-electron chi connectivity index (χ1n) is 13.0. The van der Waals surface area contributed by atoms with Crippen LogP contribution in [0.3, 0.4) is 0 Å². The summed E-state index contributed by atoms with van der Waals surface area (Å²) in [6.07, 6.45) is 12.3. The van der Waals surface area contributed by atoms with Crippen molar-refractivity contribution < 1.29 is 28.8 Å². The number of fused-ring (bicyclic) bond motifs is 1. The molecule has 35 heavy (non-hydrogen) atoms. The number of carbonyl (C=O) groups excluding carboxylic acids is 1. The van der Waals surface area contributed by atoms with Gasteiger partial charge in [-0.3, -0.25) is 4.79 Å². The fourth-order valence-electron chi connectivity index (χ4n) is 4.52. The number of aromatic hydroxyl groups is 1. The van der Waals surface area contributed by atoms with Gasteiger partial charge in [0.25, 0.3) is 0 Å². The Hall–Kier alpha value is -2.89. The minimum Gasteiger partial charge on any atom is -0.507 e. The van der Waals surface area contributed by atoms with Gasteiger partial charge >= 0.3 is 0 Å². The van der Waals surface area contributed by atoms with Crippen LogP contribution in [0.1, 0.15) is 99.6 Å². The lowest BCUT2D eigenvalue weighted by atomic mass is 9.95. The lowest BCUT2D eigenvalue weighted by Gasteiger charge is -2.27. The van der Waals surface area contributed by atoms with Gasteiger partial charge in [0.1, 0.15) is 28.9 Å². The number of carbonyl (C=O) groups is 1. The fourth-order valence-corrected chi connectivity index (χ4v) is 4.52. The highest BCUT2D eigenvalue weighted by Gasteiger charge is 2.31. The lowest BCUT2D eigenvalue weighted by molar-refractivity contribution is 0.0844. The Labute approximate surface area is 209 Å².